The molecule has 2 heterocycles. The minimum atomic E-state index is -3.96. The highest BCUT2D eigenvalue weighted by Gasteiger charge is 2.20. The molecule has 3 aromatic rings. The first-order chi connectivity index (χ1) is 12.3. The second-order valence-electron chi connectivity index (χ2n) is 5.13. The quantitative estimate of drug-likeness (QED) is 0.620. The summed E-state index contributed by atoms with van der Waals surface area (Å²) in [5.41, 5.74) is 1.73. The molecular formula is C15H13ClN4O4S2. The minimum absolute atomic E-state index is 0.0425. The molecule has 1 aromatic carbocycles. The predicted octanol–water partition coefficient (Wildman–Crippen LogP) is 1.75. The molecule has 0 atom stereocenters. The Labute approximate surface area is 157 Å². The Kier molecular flexibility index (Phi) is 5.10. The van der Waals surface area contributed by atoms with Gasteiger partial charge in [-0.2, -0.15) is 5.10 Å². The molecule has 11 heteroatoms. The summed E-state index contributed by atoms with van der Waals surface area (Å²) in [6, 6.07) is 9.26. The van der Waals surface area contributed by atoms with E-state index in [2.05, 4.69) is 10.5 Å². The van der Waals surface area contributed by atoms with Gasteiger partial charge in [-0.3, -0.25) is 15.0 Å². The van der Waals surface area contributed by atoms with Crippen LogP contribution in [-0.2, 0) is 16.6 Å². The SMILES string of the molecule is CCn1nc(C(=O)NNS(=O)(=O)c2ccc(Cl)s2)c2ccccc2c1=O. The summed E-state index contributed by atoms with van der Waals surface area (Å²) >= 11 is 6.59. The minimum Gasteiger partial charge on any atom is -0.272 e. The number of halogens is 1. The monoisotopic (exact) mass is 412 g/mol. The van der Waals surface area contributed by atoms with Crippen LogP contribution in [0, 0.1) is 0 Å². The number of nitrogens with one attached hydrogen (secondary N) is 2. The first kappa shape index (κ1) is 18.5. The van der Waals surface area contributed by atoms with E-state index < -0.39 is 15.9 Å². The summed E-state index contributed by atoms with van der Waals surface area (Å²) in [4.78, 5) is 26.8. The van der Waals surface area contributed by atoms with Gasteiger partial charge in [-0.1, -0.05) is 29.8 Å². The second-order valence-corrected chi connectivity index (χ2v) is 8.76. The maximum Gasteiger partial charge on any atom is 0.287 e. The number of carbonyl (C=O) groups excluding carboxylic acids is 1. The van der Waals surface area contributed by atoms with Gasteiger partial charge in [0.05, 0.1) is 9.72 Å². The van der Waals surface area contributed by atoms with E-state index in [9.17, 15) is 18.0 Å². The fourth-order valence-electron chi connectivity index (χ4n) is 2.28. The Morgan fingerprint density at radius 3 is 2.54 bits per heavy atom. The molecule has 0 aliphatic rings. The van der Waals surface area contributed by atoms with Crippen molar-refractivity contribution in [2.75, 3.05) is 0 Å². The number of rotatable bonds is 5. The Morgan fingerprint density at radius 2 is 1.92 bits per heavy atom. The molecule has 0 unspecified atom stereocenters. The zero-order valence-corrected chi connectivity index (χ0v) is 15.8. The molecule has 0 spiro atoms. The third-order valence-electron chi connectivity index (χ3n) is 3.49. The molecular weight excluding hydrogens is 400 g/mol. The molecule has 0 fully saturated rings. The first-order valence-corrected chi connectivity index (χ1v) is 10.1. The zero-order valence-electron chi connectivity index (χ0n) is 13.4. The summed E-state index contributed by atoms with van der Waals surface area (Å²) in [5.74, 6) is -0.783. The van der Waals surface area contributed by atoms with E-state index in [1.54, 1.807) is 31.2 Å². The van der Waals surface area contributed by atoms with Crippen molar-refractivity contribution < 1.29 is 13.2 Å². The third kappa shape index (κ3) is 3.49. The number of hydrogen-bond donors (Lipinski definition) is 2. The average Bonchev–Trinajstić information content (AvgIpc) is 3.08. The van der Waals surface area contributed by atoms with E-state index in [4.69, 9.17) is 11.6 Å². The van der Waals surface area contributed by atoms with Crippen molar-refractivity contribution in [2.45, 2.75) is 17.7 Å². The number of nitrogens with zero attached hydrogens (tertiary/aromatic N) is 2. The van der Waals surface area contributed by atoms with Crippen LogP contribution >= 0.6 is 22.9 Å². The van der Waals surface area contributed by atoms with Crippen LogP contribution in [0.2, 0.25) is 4.34 Å². The highest BCUT2D eigenvalue weighted by Crippen LogP contribution is 2.25. The van der Waals surface area contributed by atoms with E-state index in [0.717, 1.165) is 16.0 Å². The summed E-state index contributed by atoms with van der Waals surface area (Å²) in [6.45, 7) is 1.98. The highest BCUT2D eigenvalue weighted by atomic mass is 35.5. The van der Waals surface area contributed by atoms with Crippen molar-refractivity contribution in [3.8, 4) is 0 Å². The Balaban J connectivity index is 1.93. The van der Waals surface area contributed by atoms with Gasteiger partial charge < -0.3 is 0 Å². The lowest BCUT2D eigenvalue weighted by Gasteiger charge is -2.10. The number of sulfonamides is 1. The topological polar surface area (TPSA) is 110 Å². The van der Waals surface area contributed by atoms with Crippen molar-refractivity contribution in [3.63, 3.8) is 0 Å². The molecule has 26 heavy (non-hydrogen) atoms. The Hall–Kier alpha value is -2.27. The van der Waals surface area contributed by atoms with Crippen molar-refractivity contribution in [1.82, 2.24) is 20.0 Å². The lowest BCUT2D eigenvalue weighted by atomic mass is 10.1. The van der Waals surface area contributed by atoms with Crippen LogP contribution in [0.3, 0.4) is 0 Å². The molecule has 2 aromatic heterocycles. The van der Waals surface area contributed by atoms with Crippen molar-refractivity contribution in [3.05, 3.63) is 56.8 Å². The number of hydrogen-bond acceptors (Lipinski definition) is 6. The molecule has 8 nitrogen and oxygen atoms in total. The van der Waals surface area contributed by atoms with Crippen LogP contribution in [0.5, 0.6) is 0 Å². The van der Waals surface area contributed by atoms with Crippen molar-refractivity contribution in [1.29, 1.82) is 0 Å². The van der Waals surface area contributed by atoms with Gasteiger partial charge in [-0.15, -0.1) is 16.2 Å². The predicted molar refractivity (Wildman–Crippen MR) is 98.8 cm³/mol. The van der Waals surface area contributed by atoms with E-state index in [-0.39, 0.29) is 22.0 Å². The lowest BCUT2D eigenvalue weighted by molar-refractivity contribution is 0.0939. The Bertz CT molecular complexity index is 1150. The van der Waals surface area contributed by atoms with Gasteiger partial charge in [0, 0.05) is 11.9 Å². The highest BCUT2D eigenvalue weighted by molar-refractivity contribution is 7.91. The number of aromatic nitrogens is 2. The first-order valence-electron chi connectivity index (χ1n) is 7.41. The summed E-state index contributed by atoms with van der Waals surface area (Å²) in [7, 11) is -3.96. The smallest absolute Gasteiger partial charge is 0.272 e. The standard InChI is InChI=1S/C15H13ClN4O4S2/c1-2-20-15(22)10-6-4-3-5-9(10)13(18-20)14(21)17-19-26(23,24)12-8-7-11(16)25-12/h3-8,19H,2H2,1H3,(H,17,21). The summed E-state index contributed by atoms with van der Waals surface area (Å²) in [6.07, 6.45) is 0. The number of amides is 1. The van der Waals surface area contributed by atoms with E-state index in [1.165, 1.54) is 12.1 Å². The van der Waals surface area contributed by atoms with Crippen molar-refractivity contribution >= 4 is 49.6 Å². The molecule has 0 saturated carbocycles. The molecule has 3 rings (SSSR count). The largest absolute Gasteiger partial charge is 0.287 e. The van der Waals surface area contributed by atoms with Gasteiger partial charge in [0.2, 0.25) is 0 Å². The summed E-state index contributed by atoms with van der Waals surface area (Å²) < 4.78 is 25.8. The van der Waals surface area contributed by atoms with Crippen LogP contribution in [0.15, 0.2) is 45.4 Å². The summed E-state index contributed by atoms with van der Waals surface area (Å²) in [5, 5.41) is 4.69. The molecule has 2 N–H and O–H groups in total. The second kappa shape index (κ2) is 7.16. The van der Waals surface area contributed by atoms with E-state index in [0.29, 0.717) is 15.1 Å². The van der Waals surface area contributed by atoms with Crippen LogP contribution in [0.1, 0.15) is 17.4 Å². The van der Waals surface area contributed by atoms with Crippen LogP contribution in [0.25, 0.3) is 10.8 Å². The third-order valence-corrected chi connectivity index (χ3v) is 6.47. The number of carbonyl (C=O) groups is 1. The number of benzene rings is 1. The molecule has 0 radical (unpaired) electrons. The van der Waals surface area contributed by atoms with E-state index in [1.807, 2.05) is 4.83 Å². The van der Waals surface area contributed by atoms with Gasteiger partial charge in [0.25, 0.3) is 21.5 Å². The molecule has 1 amide bonds. The molecule has 0 saturated heterocycles. The van der Waals surface area contributed by atoms with Crippen molar-refractivity contribution in [2.24, 2.45) is 0 Å². The van der Waals surface area contributed by atoms with Gasteiger partial charge in [-0.25, -0.2) is 13.1 Å². The Morgan fingerprint density at radius 1 is 1.23 bits per heavy atom. The number of fused-ring (bicyclic) bond motifs is 1. The van der Waals surface area contributed by atoms with Crippen LogP contribution in [0.4, 0.5) is 0 Å². The average molecular weight is 413 g/mol. The number of aryl methyl sites for hydroxylation is 1. The van der Waals surface area contributed by atoms with Crippen LogP contribution < -0.4 is 15.8 Å². The van der Waals surface area contributed by atoms with Gasteiger partial charge >= 0.3 is 0 Å². The number of hydrazine groups is 1. The number of thiophene rings is 1. The van der Waals surface area contributed by atoms with Crippen LogP contribution in [-0.4, -0.2) is 24.1 Å². The fraction of sp³-hybridized carbons (Fsp3) is 0.133. The fourth-order valence-corrected chi connectivity index (χ4v) is 4.60. The molecule has 0 bridgehead atoms. The molecule has 0 aliphatic carbocycles. The van der Waals surface area contributed by atoms with Gasteiger partial charge in [-0.05, 0) is 25.1 Å². The maximum absolute atomic E-state index is 12.5. The maximum atomic E-state index is 12.5. The van der Waals surface area contributed by atoms with Gasteiger partial charge in [0.15, 0.2) is 5.69 Å². The van der Waals surface area contributed by atoms with E-state index >= 15 is 0 Å². The zero-order chi connectivity index (χ0) is 18.9. The molecule has 0 aliphatic heterocycles. The lowest BCUT2D eigenvalue weighted by Crippen LogP contribution is -2.42. The molecule has 136 valence electrons. The van der Waals surface area contributed by atoms with Gasteiger partial charge in [0.1, 0.15) is 4.21 Å². The normalized spacial score (nSPS) is 11.6.